The van der Waals surface area contributed by atoms with Gasteiger partial charge in [0, 0.05) is 6.20 Å². The molecule has 102 valence electrons. The standard InChI is InChI=1S/C17H12N2OS/c18-10-13-6-8-15(9-7-13)16-12-19(17(20)21-16)11-14-4-2-1-3-5-14/h1-9,12H,11H2. The Balaban J connectivity index is 1.90. The maximum atomic E-state index is 12.1. The van der Waals surface area contributed by atoms with Crippen LogP contribution >= 0.6 is 11.3 Å². The molecular weight excluding hydrogens is 280 g/mol. The molecular formula is C17H12N2OS. The second-order valence-corrected chi connectivity index (χ2v) is 5.66. The van der Waals surface area contributed by atoms with E-state index in [1.54, 1.807) is 16.7 Å². The average molecular weight is 292 g/mol. The van der Waals surface area contributed by atoms with Crippen molar-refractivity contribution in [1.82, 2.24) is 4.57 Å². The Morgan fingerprint density at radius 2 is 1.76 bits per heavy atom. The van der Waals surface area contributed by atoms with Crippen molar-refractivity contribution in [2.24, 2.45) is 0 Å². The fraction of sp³-hybridized carbons (Fsp3) is 0.0588. The fourth-order valence-corrected chi connectivity index (χ4v) is 2.96. The zero-order valence-electron chi connectivity index (χ0n) is 11.2. The quantitative estimate of drug-likeness (QED) is 0.741. The summed E-state index contributed by atoms with van der Waals surface area (Å²) in [5, 5.41) is 8.81. The highest BCUT2D eigenvalue weighted by Crippen LogP contribution is 2.22. The van der Waals surface area contributed by atoms with E-state index in [1.165, 1.54) is 11.3 Å². The summed E-state index contributed by atoms with van der Waals surface area (Å²) in [6.07, 6.45) is 1.88. The number of thiazole rings is 1. The van der Waals surface area contributed by atoms with Crippen LogP contribution in [0.2, 0.25) is 0 Å². The Morgan fingerprint density at radius 3 is 2.43 bits per heavy atom. The minimum atomic E-state index is 0.0261. The number of benzene rings is 2. The fourth-order valence-electron chi connectivity index (χ4n) is 2.11. The van der Waals surface area contributed by atoms with Crippen LogP contribution in [0.15, 0.2) is 65.6 Å². The smallest absolute Gasteiger partial charge is 0.301 e. The number of rotatable bonds is 3. The number of nitriles is 1. The molecule has 0 saturated carbocycles. The van der Waals surface area contributed by atoms with Crippen LogP contribution in [-0.4, -0.2) is 4.57 Å². The summed E-state index contributed by atoms with van der Waals surface area (Å²) in [5.74, 6) is 0. The Hall–Kier alpha value is -2.64. The third-order valence-corrected chi connectivity index (χ3v) is 4.17. The van der Waals surface area contributed by atoms with Crippen LogP contribution in [0.25, 0.3) is 10.4 Å². The van der Waals surface area contributed by atoms with E-state index in [0.29, 0.717) is 12.1 Å². The van der Waals surface area contributed by atoms with Crippen molar-refractivity contribution < 1.29 is 0 Å². The van der Waals surface area contributed by atoms with Gasteiger partial charge in [-0.15, -0.1) is 0 Å². The van der Waals surface area contributed by atoms with E-state index in [4.69, 9.17) is 5.26 Å². The molecule has 0 atom stereocenters. The Labute approximate surface area is 126 Å². The minimum Gasteiger partial charge on any atom is -0.301 e. The Bertz CT molecular complexity index is 839. The zero-order chi connectivity index (χ0) is 14.7. The van der Waals surface area contributed by atoms with Crippen molar-refractivity contribution in [1.29, 1.82) is 5.26 Å². The lowest BCUT2D eigenvalue weighted by atomic mass is 10.1. The highest BCUT2D eigenvalue weighted by atomic mass is 32.1. The largest absolute Gasteiger partial charge is 0.307 e. The van der Waals surface area contributed by atoms with Gasteiger partial charge in [0.25, 0.3) is 0 Å². The molecule has 0 unspecified atom stereocenters. The molecule has 3 rings (SSSR count). The van der Waals surface area contributed by atoms with Gasteiger partial charge >= 0.3 is 4.87 Å². The van der Waals surface area contributed by atoms with Gasteiger partial charge in [-0.1, -0.05) is 53.8 Å². The van der Waals surface area contributed by atoms with E-state index in [1.807, 2.05) is 48.7 Å². The van der Waals surface area contributed by atoms with Crippen molar-refractivity contribution in [3.63, 3.8) is 0 Å². The van der Waals surface area contributed by atoms with Crippen LogP contribution in [0.4, 0.5) is 0 Å². The summed E-state index contributed by atoms with van der Waals surface area (Å²) in [7, 11) is 0. The summed E-state index contributed by atoms with van der Waals surface area (Å²) < 4.78 is 1.72. The maximum Gasteiger partial charge on any atom is 0.307 e. The lowest BCUT2D eigenvalue weighted by molar-refractivity contribution is 0.785. The van der Waals surface area contributed by atoms with Crippen molar-refractivity contribution in [2.45, 2.75) is 6.54 Å². The molecule has 21 heavy (non-hydrogen) atoms. The van der Waals surface area contributed by atoms with Gasteiger partial charge in [-0.2, -0.15) is 5.26 Å². The highest BCUT2D eigenvalue weighted by molar-refractivity contribution is 7.12. The van der Waals surface area contributed by atoms with Gasteiger partial charge in [0.1, 0.15) is 0 Å². The molecule has 2 aromatic carbocycles. The molecule has 0 radical (unpaired) electrons. The van der Waals surface area contributed by atoms with Gasteiger partial charge in [0.15, 0.2) is 0 Å². The van der Waals surface area contributed by atoms with E-state index in [9.17, 15) is 4.79 Å². The second kappa shape index (κ2) is 5.78. The molecule has 1 aromatic heterocycles. The van der Waals surface area contributed by atoms with E-state index in [0.717, 1.165) is 16.0 Å². The lowest BCUT2D eigenvalue weighted by Gasteiger charge is -2.01. The van der Waals surface area contributed by atoms with Crippen molar-refractivity contribution in [3.05, 3.63) is 81.6 Å². The molecule has 0 aliphatic rings. The van der Waals surface area contributed by atoms with Gasteiger partial charge in [-0.3, -0.25) is 4.79 Å². The predicted octanol–water partition coefficient (Wildman–Crippen LogP) is 3.50. The molecule has 4 heteroatoms. The topological polar surface area (TPSA) is 45.8 Å². The van der Waals surface area contributed by atoms with Crippen LogP contribution < -0.4 is 4.87 Å². The number of nitrogens with zero attached hydrogens (tertiary/aromatic N) is 2. The first kappa shape index (κ1) is 13.3. The van der Waals surface area contributed by atoms with Gasteiger partial charge < -0.3 is 4.57 Å². The summed E-state index contributed by atoms with van der Waals surface area (Å²) >= 11 is 1.22. The molecule has 3 nitrogen and oxygen atoms in total. The number of hydrogen-bond donors (Lipinski definition) is 0. The SMILES string of the molecule is N#Cc1ccc(-c2cn(Cc3ccccc3)c(=O)s2)cc1. The lowest BCUT2D eigenvalue weighted by Crippen LogP contribution is -2.12. The minimum absolute atomic E-state index is 0.0261. The van der Waals surface area contributed by atoms with Crippen LogP contribution in [0.3, 0.4) is 0 Å². The number of aromatic nitrogens is 1. The first-order valence-corrected chi connectivity index (χ1v) is 7.32. The van der Waals surface area contributed by atoms with Crippen molar-refractivity contribution in [3.8, 4) is 16.5 Å². The van der Waals surface area contributed by atoms with Gasteiger partial charge in [-0.05, 0) is 23.3 Å². The molecule has 3 aromatic rings. The van der Waals surface area contributed by atoms with Crippen molar-refractivity contribution >= 4 is 11.3 Å². The van der Waals surface area contributed by atoms with Crippen LogP contribution in [0.5, 0.6) is 0 Å². The molecule has 0 spiro atoms. The third kappa shape index (κ3) is 2.93. The first-order chi connectivity index (χ1) is 10.3. The van der Waals surface area contributed by atoms with E-state index in [-0.39, 0.29) is 4.87 Å². The summed E-state index contributed by atoms with van der Waals surface area (Å²) in [6, 6.07) is 19.3. The normalized spacial score (nSPS) is 10.2. The van der Waals surface area contributed by atoms with E-state index >= 15 is 0 Å². The van der Waals surface area contributed by atoms with Crippen LogP contribution in [-0.2, 0) is 6.54 Å². The summed E-state index contributed by atoms with van der Waals surface area (Å²) in [6.45, 7) is 0.576. The Morgan fingerprint density at radius 1 is 1.05 bits per heavy atom. The maximum absolute atomic E-state index is 12.1. The van der Waals surface area contributed by atoms with Crippen LogP contribution in [0, 0.1) is 11.3 Å². The van der Waals surface area contributed by atoms with E-state index in [2.05, 4.69) is 6.07 Å². The molecule has 1 heterocycles. The van der Waals surface area contributed by atoms with Gasteiger partial charge in [-0.25, -0.2) is 0 Å². The molecule has 0 N–H and O–H groups in total. The van der Waals surface area contributed by atoms with Gasteiger partial charge in [0.2, 0.25) is 0 Å². The molecule has 0 aliphatic carbocycles. The zero-order valence-corrected chi connectivity index (χ0v) is 12.0. The second-order valence-electron chi connectivity index (χ2n) is 4.66. The predicted molar refractivity (Wildman–Crippen MR) is 84.3 cm³/mol. The molecule has 0 saturated heterocycles. The monoisotopic (exact) mass is 292 g/mol. The van der Waals surface area contributed by atoms with Gasteiger partial charge in [0.05, 0.1) is 23.1 Å². The first-order valence-electron chi connectivity index (χ1n) is 6.51. The van der Waals surface area contributed by atoms with E-state index < -0.39 is 0 Å². The summed E-state index contributed by atoms with van der Waals surface area (Å²) in [4.78, 5) is 13.0. The Kier molecular flexibility index (Phi) is 3.67. The average Bonchev–Trinajstić information content (AvgIpc) is 2.89. The molecule has 0 aliphatic heterocycles. The third-order valence-electron chi connectivity index (χ3n) is 3.20. The highest BCUT2D eigenvalue weighted by Gasteiger charge is 2.07. The van der Waals surface area contributed by atoms with Crippen molar-refractivity contribution in [2.75, 3.05) is 0 Å². The van der Waals surface area contributed by atoms with Crippen LogP contribution in [0.1, 0.15) is 11.1 Å². The summed E-state index contributed by atoms with van der Waals surface area (Å²) in [5.41, 5.74) is 2.68. The number of hydrogen-bond acceptors (Lipinski definition) is 3. The molecule has 0 fully saturated rings. The molecule has 0 bridgehead atoms. The molecule has 0 amide bonds.